The third-order valence-corrected chi connectivity index (χ3v) is 4.29. The summed E-state index contributed by atoms with van der Waals surface area (Å²) in [5.74, 6) is -0.0930. The number of nitro groups is 1. The molecule has 3 rings (SSSR count). The first-order valence-electron chi connectivity index (χ1n) is 8.97. The second-order valence-electron chi connectivity index (χ2n) is 6.14. The highest BCUT2D eigenvalue weighted by molar-refractivity contribution is 6.04. The molecule has 0 radical (unpaired) electrons. The lowest BCUT2D eigenvalue weighted by Gasteiger charge is -2.07. The average molecular weight is 406 g/mol. The van der Waals surface area contributed by atoms with Crippen LogP contribution in [0.2, 0.25) is 0 Å². The number of H-pyrrole nitrogens is 1. The van der Waals surface area contributed by atoms with Crippen molar-refractivity contribution in [1.29, 1.82) is 5.26 Å². The Morgan fingerprint density at radius 3 is 2.63 bits per heavy atom. The minimum Gasteiger partial charge on any atom is -0.497 e. The van der Waals surface area contributed by atoms with E-state index >= 15 is 0 Å². The van der Waals surface area contributed by atoms with E-state index in [-0.39, 0.29) is 17.9 Å². The van der Waals surface area contributed by atoms with Crippen LogP contribution in [0.5, 0.6) is 5.75 Å². The van der Waals surface area contributed by atoms with Gasteiger partial charge in [0.15, 0.2) is 0 Å². The van der Waals surface area contributed by atoms with Gasteiger partial charge in [0.1, 0.15) is 17.4 Å². The first-order valence-corrected chi connectivity index (χ1v) is 8.97. The van der Waals surface area contributed by atoms with Crippen LogP contribution in [-0.2, 0) is 9.53 Å². The van der Waals surface area contributed by atoms with E-state index in [1.165, 1.54) is 18.2 Å². The topological polar surface area (TPSA) is 130 Å². The number of benzene rings is 2. The van der Waals surface area contributed by atoms with E-state index in [1.807, 2.05) is 12.1 Å². The average Bonchev–Trinajstić information content (AvgIpc) is 3.08. The fourth-order valence-corrected chi connectivity index (χ4v) is 2.87. The quantitative estimate of drug-likeness (QED) is 0.197. The molecule has 0 saturated heterocycles. The molecule has 9 nitrogen and oxygen atoms in total. The number of nitro benzene ring substituents is 1. The molecule has 9 heteroatoms. The normalized spacial score (nSPS) is 11.0. The van der Waals surface area contributed by atoms with Gasteiger partial charge in [-0.1, -0.05) is 0 Å². The molecule has 0 aliphatic rings. The Bertz CT molecular complexity index is 1170. The number of esters is 1. The SMILES string of the molecule is CCOC(=O)/C(C#N)=C\c1[nH]c2cc(OC)ccc2c1Nc1ccc([N+](=O)[O-])cc1. The number of aromatic nitrogens is 1. The molecule has 0 aliphatic carbocycles. The molecule has 0 fully saturated rings. The maximum absolute atomic E-state index is 12.0. The highest BCUT2D eigenvalue weighted by atomic mass is 16.6. The highest BCUT2D eigenvalue weighted by Crippen LogP contribution is 2.34. The van der Waals surface area contributed by atoms with Gasteiger partial charge in [-0.05, 0) is 37.3 Å². The zero-order valence-corrected chi connectivity index (χ0v) is 16.3. The van der Waals surface area contributed by atoms with Crippen molar-refractivity contribution in [3.05, 3.63) is 63.8 Å². The van der Waals surface area contributed by atoms with Gasteiger partial charge in [-0.3, -0.25) is 10.1 Å². The number of ether oxygens (including phenoxy) is 2. The lowest BCUT2D eigenvalue weighted by atomic mass is 10.1. The number of nitrogens with one attached hydrogen (secondary N) is 2. The number of hydrogen-bond acceptors (Lipinski definition) is 7. The maximum atomic E-state index is 12.0. The van der Waals surface area contributed by atoms with Crippen LogP contribution < -0.4 is 10.1 Å². The Labute approximate surface area is 171 Å². The second kappa shape index (κ2) is 8.79. The van der Waals surface area contributed by atoms with Crippen molar-refractivity contribution in [2.75, 3.05) is 19.0 Å². The van der Waals surface area contributed by atoms with Crippen molar-refractivity contribution in [3.8, 4) is 11.8 Å². The summed E-state index contributed by atoms with van der Waals surface area (Å²) in [5.41, 5.74) is 2.19. The molecule has 0 bridgehead atoms. The molecule has 3 aromatic rings. The molecule has 30 heavy (non-hydrogen) atoms. The minimum atomic E-state index is -0.725. The number of non-ortho nitro benzene ring substituents is 1. The Hall–Kier alpha value is -4.32. The van der Waals surface area contributed by atoms with E-state index in [0.717, 1.165) is 5.39 Å². The molecular weight excluding hydrogens is 388 g/mol. The highest BCUT2D eigenvalue weighted by Gasteiger charge is 2.16. The van der Waals surface area contributed by atoms with Crippen molar-refractivity contribution in [3.63, 3.8) is 0 Å². The number of carbonyl (C=O) groups excluding carboxylic acids is 1. The number of nitrogens with zero attached hydrogens (tertiary/aromatic N) is 2. The van der Waals surface area contributed by atoms with Crippen LogP contribution in [-0.4, -0.2) is 29.6 Å². The largest absolute Gasteiger partial charge is 0.497 e. The Morgan fingerprint density at radius 1 is 1.30 bits per heavy atom. The number of hydrogen-bond donors (Lipinski definition) is 2. The Morgan fingerprint density at radius 2 is 2.03 bits per heavy atom. The molecule has 1 heterocycles. The Kier molecular flexibility index (Phi) is 5.98. The number of rotatable bonds is 7. The first-order chi connectivity index (χ1) is 14.5. The number of methoxy groups -OCH3 is 1. The van der Waals surface area contributed by atoms with Crippen LogP contribution in [0.1, 0.15) is 12.6 Å². The lowest BCUT2D eigenvalue weighted by Crippen LogP contribution is -2.06. The molecule has 0 aliphatic heterocycles. The monoisotopic (exact) mass is 406 g/mol. The van der Waals surface area contributed by atoms with E-state index in [2.05, 4.69) is 10.3 Å². The number of aromatic amines is 1. The summed E-state index contributed by atoms with van der Waals surface area (Å²) in [6, 6.07) is 13.2. The van der Waals surface area contributed by atoms with E-state index in [1.54, 1.807) is 38.3 Å². The van der Waals surface area contributed by atoms with E-state index in [0.29, 0.717) is 28.3 Å². The van der Waals surface area contributed by atoms with Crippen molar-refractivity contribution in [2.24, 2.45) is 0 Å². The van der Waals surface area contributed by atoms with E-state index in [9.17, 15) is 20.2 Å². The van der Waals surface area contributed by atoms with Crippen LogP contribution in [0.4, 0.5) is 17.1 Å². The van der Waals surface area contributed by atoms with Crippen LogP contribution in [0, 0.1) is 21.4 Å². The van der Waals surface area contributed by atoms with Gasteiger partial charge in [0, 0.05) is 29.3 Å². The lowest BCUT2D eigenvalue weighted by molar-refractivity contribution is -0.384. The second-order valence-corrected chi connectivity index (χ2v) is 6.14. The molecule has 0 atom stereocenters. The van der Waals surface area contributed by atoms with Gasteiger partial charge in [-0.25, -0.2) is 4.79 Å². The molecule has 0 saturated carbocycles. The molecule has 0 amide bonds. The number of fused-ring (bicyclic) bond motifs is 1. The van der Waals surface area contributed by atoms with Crippen molar-refractivity contribution in [1.82, 2.24) is 4.98 Å². The molecular formula is C21H18N4O5. The van der Waals surface area contributed by atoms with Gasteiger partial charge in [-0.15, -0.1) is 0 Å². The fourth-order valence-electron chi connectivity index (χ4n) is 2.87. The van der Waals surface area contributed by atoms with Crippen molar-refractivity contribution in [2.45, 2.75) is 6.92 Å². The zero-order chi connectivity index (χ0) is 21.7. The summed E-state index contributed by atoms with van der Waals surface area (Å²) < 4.78 is 10.2. The van der Waals surface area contributed by atoms with Crippen LogP contribution >= 0.6 is 0 Å². The van der Waals surface area contributed by atoms with E-state index in [4.69, 9.17) is 9.47 Å². The predicted molar refractivity (Wildman–Crippen MR) is 111 cm³/mol. The van der Waals surface area contributed by atoms with Crippen molar-refractivity contribution >= 4 is 40.0 Å². The molecule has 0 unspecified atom stereocenters. The number of nitriles is 1. The van der Waals surface area contributed by atoms with Gasteiger partial charge in [0.2, 0.25) is 0 Å². The molecule has 2 aromatic carbocycles. The van der Waals surface area contributed by atoms with Gasteiger partial charge in [0.25, 0.3) is 5.69 Å². The third-order valence-electron chi connectivity index (χ3n) is 4.29. The summed E-state index contributed by atoms with van der Waals surface area (Å²) >= 11 is 0. The summed E-state index contributed by atoms with van der Waals surface area (Å²) in [6.45, 7) is 1.80. The van der Waals surface area contributed by atoms with Gasteiger partial charge in [0.05, 0.1) is 35.5 Å². The Balaban J connectivity index is 2.10. The minimum absolute atomic E-state index is 0.0292. The number of anilines is 2. The molecule has 152 valence electrons. The molecule has 0 spiro atoms. The summed E-state index contributed by atoms with van der Waals surface area (Å²) in [4.78, 5) is 25.6. The van der Waals surface area contributed by atoms with Gasteiger partial charge < -0.3 is 19.8 Å². The standard InChI is InChI=1S/C21H18N4O5/c1-3-30-21(26)13(12-22)10-19-20(17-9-8-16(29-2)11-18(17)24-19)23-14-4-6-15(7-5-14)25(27)28/h4-11,23-24H,3H2,1-2H3/b13-10-. The zero-order valence-electron chi connectivity index (χ0n) is 16.3. The summed E-state index contributed by atoms with van der Waals surface area (Å²) in [5, 5.41) is 24.2. The maximum Gasteiger partial charge on any atom is 0.348 e. The van der Waals surface area contributed by atoms with E-state index < -0.39 is 10.9 Å². The van der Waals surface area contributed by atoms with Crippen molar-refractivity contribution < 1.29 is 19.2 Å². The first kappa shape index (κ1) is 20.4. The number of carbonyl (C=O) groups is 1. The molecule has 1 aromatic heterocycles. The summed E-state index contributed by atoms with van der Waals surface area (Å²) in [6.07, 6.45) is 1.40. The van der Waals surface area contributed by atoms with Crippen LogP contribution in [0.25, 0.3) is 17.0 Å². The van der Waals surface area contributed by atoms with Crippen LogP contribution in [0.3, 0.4) is 0 Å². The fraction of sp³-hybridized carbons (Fsp3) is 0.143. The van der Waals surface area contributed by atoms with Gasteiger partial charge >= 0.3 is 5.97 Å². The van der Waals surface area contributed by atoms with Gasteiger partial charge in [-0.2, -0.15) is 5.26 Å². The van der Waals surface area contributed by atoms with Crippen LogP contribution in [0.15, 0.2) is 48.0 Å². The molecule has 2 N–H and O–H groups in total. The third kappa shape index (κ3) is 4.23. The summed E-state index contributed by atoms with van der Waals surface area (Å²) in [7, 11) is 1.55. The predicted octanol–water partition coefficient (Wildman–Crippen LogP) is 4.30. The smallest absolute Gasteiger partial charge is 0.348 e.